The summed E-state index contributed by atoms with van der Waals surface area (Å²) in [6, 6.07) is 3.08. The maximum Gasteiger partial charge on any atom is 0.471 e. The number of nitrogens with zero attached hydrogens (tertiary/aromatic N) is 3. The van der Waals surface area contributed by atoms with Gasteiger partial charge in [-0.3, -0.25) is 9.78 Å². The normalized spacial score (nSPS) is 19.0. The zero-order valence-electron chi connectivity index (χ0n) is 13.3. The lowest BCUT2D eigenvalue weighted by Gasteiger charge is -2.14. The predicted molar refractivity (Wildman–Crippen MR) is 81.3 cm³/mol. The Hall–Kier alpha value is -2.29. The van der Waals surface area contributed by atoms with Gasteiger partial charge in [-0.05, 0) is 25.0 Å². The Labute approximate surface area is 141 Å². The van der Waals surface area contributed by atoms with Crippen molar-refractivity contribution in [1.29, 1.82) is 0 Å². The number of carbonyl (C=O) groups is 1. The van der Waals surface area contributed by atoms with Gasteiger partial charge in [0.25, 0.3) is 0 Å². The van der Waals surface area contributed by atoms with E-state index in [2.05, 4.69) is 25.0 Å². The van der Waals surface area contributed by atoms with E-state index in [4.69, 9.17) is 0 Å². The van der Waals surface area contributed by atoms with Crippen LogP contribution in [0.1, 0.15) is 43.7 Å². The molecule has 1 aliphatic carbocycles. The highest BCUT2D eigenvalue weighted by Crippen LogP contribution is 2.29. The van der Waals surface area contributed by atoms with E-state index in [1.54, 1.807) is 12.1 Å². The van der Waals surface area contributed by atoms with Crippen LogP contribution in [0.2, 0.25) is 0 Å². The fourth-order valence-electron chi connectivity index (χ4n) is 2.72. The molecule has 0 saturated heterocycles. The molecular weight excluding hydrogens is 337 g/mol. The number of hydrogen-bond donors (Lipinski definition) is 1. The molecule has 1 atom stereocenters. The molecule has 2 aromatic rings. The molecule has 134 valence electrons. The Morgan fingerprint density at radius 2 is 2.08 bits per heavy atom. The van der Waals surface area contributed by atoms with Crippen LogP contribution in [0.3, 0.4) is 0 Å². The molecule has 0 radical (unpaired) electrons. The molecule has 1 aliphatic rings. The molecule has 2 aromatic heterocycles. The first-order valence-corrected chi connectivity index (χ1v) is 8.06. The van der Waals surface area contributed by atoms with Crippen molar-refractivity contribution in [2.75, 3.05) is 0 Å². The van der Waals surface area contributed by atoms with Crippen LogP contribution in [0.25, 0.3) is 11.4 Å². The van der Waals surface area contributed by atoms with Crippen LogP contribution in [0.15, 0.2) is 22.9 Å². The fraction of sp³-hybridized carbons (Fsp3) is 0.500. The summed E-state index contributed by atoms with van der Waals surface area (Å²) >= 11 is 0. The highest BCUT2D eigenvalue weighted by Gasteiger charge is 2.38. The number of pyridine rings is 1. The molecule has 1 saturated carbocycles. The Kier molecular flexibility index (Phi) is 5.12. The topological polar surface area (TPSA) is 80.9 Å². The van der Waals surface area contributed by atoms with Gasteiger partial charge in [-0.1, -0.05) is 18.0 Å². The number of alkyl halides is 3. The number of aromatic nitrogens is 3. The second kappa shape index (κ2) is 7.30. The van der Waals surface area contributed by atoms with Gasteiger partial charge in [0.1, 0.15) is 5.78 Å². The summed E-state index contributed by atoms with van der Waals surface area (Å²) in [6.07, 6.45) is 1.17. The zero-order valence-corrected chi connectivity index (χ0v) is 13.3. The van der Waals surface area contributed by atoms with Gasteiger partial charge in [0, 0.05) is 24.7 Å². The minimum Gasteiger partial charge on any atom is -0.329 e. The number of rotatable bonds is 4. The van der Waals surface area contributed by atoms with Gasteiger partial charge in [-0.15, -0.1) is 0 Å². The van der Waals surface area contributed by atoms with E-state index in [0.29, 0.717) is 24.2 Å². The van der Waals surface area contributed by atoms with E-state index in [-0.39, 0.29) is 17.6 Å². The molecule has 1 fully saturated rings. The third-order valence-electron chi connectivity index (χ3n) is 4.09. The largest absolute Gasteiger partial charge is 0.471 e. The molecular formula is C16H17F3N4O2. The first-order chi connectivity index (χ1) is 11.9. The van der Waals surface area contributed by atoms with E-state index in [9.17, 15) is 18.0 Å². The van der Waals surface area contributed by atoms with Gasteiger partial charge >= 0.3 is 12.1 Å². The standard InChI is InChI=1S/C16H17F3N4O2/c17-16(18,19)15-22-14(23-25-15)10-6-7-11(20-8-10)9-21-12-4-2-1-3-5-13(12)24/h6-8,12,21H,1-5,9H2. The number of carbonyl (C=O) groups excluding carboxylic acids is 1. The number of Topliss-reactive ketones (excluding diaryl/α,β-unsaturated/α-hetero) is 1. The monoisotopic (exact) mass is 354 g/mol. The van der Waals surface area contributed by atoms with Crippen LogP contribution in [-0.2, 0) is 17.5 Å². The lowest BCUT2D eigenvalue weighted by atomic mass is 10.1. The molecule has 3 rings (SSSR count). The average Bonchev–Trinajstić information content (AvgIpc) is 2.99. The lowest BCUT2D eigenvalue weighted by Crippen LogP contribution is -2.35. The molecule has 1 unspecified atom stereocenters. The third kappa shape index (κ3) is 4.41. The Morgan fingerprint density at radius 3 is 2.76 bits per heavy atom. The molecule has 2 heterocycles. The summed E-state index contributed by atoms with van der Waals surface area (Å²) < 4.78 is 41.6. The molecule has 1 N–H and O–H groups in total. The van der Waals surface area contributed by atoms with E-state index in [1.165, 1.54) is 6.20 Å². The number of hydrogen-bond acceptors (Lipinski definition) is 6. The van der Waals surface area contributed by atoms with E-state index >= 15 is 0 Å². The molecule has 25 heavy (non-hydrogen) atoms. The summed E-state index contributed by atoms with van der Waals surface area (Å²) in [5, 5.41) is 6.52. The molecule has 0 amide bonds. The van der Waals surface area contributed by atoms with Crippen molar-refractivity contribution >= 4 is 5.78 Å². The number of nitrogens with one attached hydrogen (secondary N) is 1. The maximum atomic E-state index is 12.5. The third-order valence-corrected chi connectivity index (χ3v) is 4.09. The average molecular weight is 354 g/mol. The Morgan fingerprint density at radius 1 is 1.24 bits per heavy atom. The zero-order chi connectivity index (χ0) is 17.9. The minimum absolute atomic E-state index is 0.157. The Bertz CT molecular complexity index is 728. The molecule has 0 aromatic carbocycles. The van der Waals surface area contributed by atoms with Gasteiger partial charge in [0.15, 0.2) is 0 Å². The van der Waals surface area contributed by atoms with Gasteiger partial charge in [-0.25, -0.2) is 0 Å². The van der Waals surface area contributed by atoms with E-state index < -0.39 is 12.1 Å². The molecule has 9 heteroatoms. The summed E-state index contributed by atoms with van der Waals surface area (Å²) in [5.41, 5.74) is 1.01. The van der Waals surface area contributed by atoms with Crippen molar-refractivity contribution < 1.29 is 22.5 Å². The molecule has 0 aliphatic heterocycles. The molecule has 6 nitrogen and oxygen atoms in total. The van der Waals surface area contributed by atoms with Crippen LogP contribution >= 0.6 is 0 Å². The summed E-state index contributed by atoms with van der Waals surface area (Å²) in [4.78, 5) is 19.5. The van der Waals surface area contributed by atoms with Crippen molar-refractivity contribution in [1.82, 2.24) is 20.4 Å². The molecule has 0 bridgehead atoms. The minimum atomic E-state index is -4.67. The van der Waals surface area contributed by atoms with Gasteiger partial charge in [0.05, 0.1) is 11.7 Å². The van der Waals surface area contributed by atoms with Crippen LogP contribution < -0.4 is 5.32 Å². The lowest BCUT2D eigenvalue weighted by molar-refractivity contribution is -0.159. The highest BCUT2D eigenvalue weighted by molar-refractivity contribution is 5.84. The fourth-order valence-corrected chi connectivity index (χ4v) is 2.72. The quantitative estimate of drug-likeness (QED) is 0.850. The van der Waals surface area contributed by atoms with Gasteiger partial charge in [0.2, 0.25) is 5.82 Å². The van der Waals surface area contributed by atoms with E-state index in [0.717, 1.165) is 25.7 Å². The smallest absolute Gasteiger partial charge is 0.329 e. The van der Waals surface area contributed by atoms with Crippen LogP contribution in [-0.4, -0.2) is 26.9 Å². The summed E-state index contributed by atoms with van der Waals surface area (Å²) in [7, 11) is 0. The van der Waals surface area contributed by atoms with Crippen LogP contribution in [0.5, 0.6) is 0 Å². The second-order valence-corrected chi connectivity index (χ2v) is 5.96. The van der Waals surface area contributed by atoms with Gasteiger partial charge in [-0.2, -0.15) is 18.2 Å². The van der Waals surface area contributed by atoms with Crippen molar-refractivity contribution in [2.45, 2.75) is 50.9 Å². The van der Waals surface area contributed by atoms with E-state index in [1.807, 2.05) is 0 Å². The van der Waals surface area contributed by atoms with Crippen molar-refractivity contribution in [3.05, 3.63) is 29.9 Å². The second-order valence-electron chi connectivity index (χ2n) is 5.96. The van der Waals surface area contributed by atoms with Crippen LogP contribution in [0.4, 0.5) is 13.2 Å². The first-order valence-electron chi connectivity index (χ1n) is 8.06. The van der Waals surface area contributed by atoms with Gasteiger partial charge < -0.3 is 9.84 Å². The van der Waals surface area contributed by atoms with Crippen molar-refractivity contribution in [3.8, 4) is 11.4 Å². The predicted octanol–water partition coefficient (Wildman–Crippen LogP) is 3.14. The summed E-state index contributed by atoms with van der Waals surface area (Å²) in [6.45, 7) is 0.413. The Balaban J connectivity index is 1.62. The SMILES string of the molecule is O=C1CCCCCC1NCc1ccc(-c2noc(C(F)(F)F)n2)cn1. The maximum absolute atomic E-state index is 12.5. The van der Waals surface area contributed by atoms with Crippen molar-refractivity contribution in [3.63, 3.8) is 0 Å². The van der Waals surface area contributed by atoms with Crippen LogP contribution in [0, 0.1) is 0 Å². The highest BCUT2D eigenvalue weighted by atomic mass is 19.4. The van der Waals surface area contributed by atoms with Crippen molar-refractivity contribution in [2.24, 2.45) is 0 Å². The number of halogens is 3. The first kappa shape index (κ1) is 17.5. The molecule has 0 spiro atoms. The summed E-state index contributed by atoms with van der Waals surface area (Å²) in [5.74, 6) is -1.33. The number of ketones is 1.